The van der Waals surface area contributed by atoms with Crippen LogP contribution in [0.5, 0.6) is 5.75 Å². The smallest absolute Gasteiger partial charge is 0.219 e. The summed E-state index contributed by atoms with van der Waals surface area (Å²) in [5.74, 6) is 1.11. The maximum Gasteiger partial charge on any atom is 0.219 e. The molecule has 6 heteroatoms. The van der Waals surface area contributed by atoms with Gasteiger partial charge in [-0.25, -0.2) is 13.6 Å². The highest BCUT2D eigenvalue weighted by atomic mass is 32.2. The Labute approximate surface area is 147 Å². The first-order valence-electron chi connectivity index (χ1n) is 8.09. The topological polar surface area (TPSA) is 81.8 Å². The van der Waals surface area contributed by atoms with E-state index in [0.29, 0.717) is 24.4 Å². The zero-order chi connectivity index (χ0) is 17.5. The lowest BCUT2D eigenvalue weighted by molar-refractivity contribution is 0.416. The summed E-state index contributed by atoms with van der Waals surface area (Å²) < 4.78 is 29.6. The lowest BCUT2D eigenvalue weighted by Crippen LogP contribution is -2.48. The van der Waals surface area contributed by atoms with Crippen LogP contribution in [0.2, 0.25) is 0 Å². The maximum atomic E-state index is 12.4. The van der Waals surface area contributed by atoms with Crippen molar-refractivity contribution in [3.05, 3.63) is 72.1 Å². The van der Waals surface area contributed by atoms with Crippen molar-refractivity contribution >= 4 is 21.9 Å². The average Bonchev–Trinajstić information content (AvgIpc) is 2.80. The molecule has 5 nitrogen and oxygen atoms in total. The monoisotopic (exact) mass is 354 g/mol. The van der Waals surface area contributed by atoms with Gasteiger partial charge in [-0.05, 0) is 31.1 Å². The SMILES string of the molecule is NS(=O)(=O)C1(C2C=CC3=C(C=Nc4ccccc4O3)C2)C=CC=CC1. The third-order valence-electron chi connectivity index (χ3n) is 4.90. The molecule has 2 N–H and O–H groups in total. The standard InChI is InChI=1S/C19H18N2O3S/c20-25(22,23)19(10-4-1-5-11-19)15-8-9-17-14(12-15)13-21-16-6-2-3-7-18(16)24-17/h1-10,13,15H,11-12H2,(H2,20,22,23). The molecular formula is C19H18N2O3S. The number of ether oxygens (including phenoxy) is 1. The summed E-state index contributed by atoms with van der Waals surface area (Å²) in [5.41, 5.74) is 1.62. The van der Waals surface area contributed by atoms with Crippen molar-refractivity contribution in [2.45, 2.75) is 17.6 Å². The van der Waals surface area contributed by atoms with Gasteiger partial charge < -0.3 is 4.74 Å². The van der Waals surface area contributed by atoms with Crippen LogP contribution in [0.4, 0.5) is 5.69 Å². The molecule has 1 aliphatic heterocycles. The van der Waals surface area contributed by atoms with Gasteiger partial charge in [0.15, 0.2) is 5.75 Å². The number of nitrogens with two attached hydrogens (primary N) is 1. The van der Waals surface area contributed by atoms with E-state index in [0.717, 1.165) is 11.3 Å². The fourth-order valence-corrected chi connectivity index (χ4v) is 4.68. The van der Waals surface area contributed by atoms with Gasteiger partial charge in [-0.1, -0.05) is 42.5 Å². The summed E-state index contributed by atoms with van der Waals surface area (Å²) in [4.78, 5) is 4.48. The van der Waals surface area contributed by atoms with Crippen molar-refractivity contribution in [1.29, 1.82) is 0 Å². The van der Waals surface area contributed by atoms with Crippen LogP contribution < -0.4 is 9.88 Å². The van der Waals surface area contributed by atoms with Crippen LogP contribution in [0.1, 0.15) is 12.8 Å². The van der Waals surface area contributed by atoms with E-state index in [2.05, 4.69) is 4.99 Å². The Morgan fingerprint density at radius 1 is 1.24 bits per heavy atom. The van der Waals surface area contributed by atoms with Crippen molar-refractivity contribution in [2.24, 2.45) is 16.0 Å². The van der Waals surface area contributed by atoms with E-state index in [9.17, 15) is 8.42 Å². The van der Waals surface area contributed by atoms with Crippen LogP contribution in [0.3, 0.4) is 0 Å². The number of para-hydroxylation sites is 2. The van der Waals surface area contributed by atoms with E-state index >= 15 is 0 Å². The number of nitrogens with zero attached hydrogens (tertiary/aromatic N) is 1. The number of allylic oxidation sites excluding steroid dienone is 6. The molecule has 0 spiro atoms. The second kappa shape index (κ2) is 5.82. The summed E-state index contributed by atoms with van der Waals surface area (Å²) >= 11 is 0. The molecule has 3 aliphatic rings. The van der Waals surface area contributed by atoms with E-state index in [1.165, 1.54) is 0 Å². The van der Waals surface area contributed by atoms with Gasteiger partial charge in [-0.2, -0.15) is 0 Å². The van der Waals surface area contributed by atoms with Gasteiger partial charge in [-0.3, -0.25) is 4.99 Å². The molecule has 0 fully saturated rings. The third-order valence-corrected chi connectivity index (χ3v) is 6.57. The van der Waals surface area contributed by atoms with Crippen LogP contribution in [0.15, 0.2) is 77.0 Å². The highest BCUT2D eigenvalue weighted by Crippen LogP contribution is 2.42. The van der Waals surface area contributed by atoms with Crippen molar-refractivity contribution in [3.8, 4) is 5.75 Å². The van der Waals surface area contributed by atoms with Crippen LogP contribution >= 0.6 is 0 Å². The summed E-state index contributed by atoms with van der Waals surface area (Å²) in [5, 5.41) is 5.62. The van der Waals surface area contributed by atoms with Gasteiger partial charge in [0.05, 0.1) is 0 Å². The molecule has 0 saturated heterocycles. The van der Waals surface area contributed by atoms with E-state index in [4.69, 9.17) is 9.88 Å². The maximum absolute atomic E-state index is 12.4. The van der Waals surface area contributed by atoms with Gasteiger partial charge in [-0.15, -0.1) is 0 Å². The number of benzene rings is 1. The third kappa shape index (κ3) is 2.67. The number of fused-ring (bicyclic) bond motifs is 1. The number of rotatable bonds is 2. The van der Waals surface area contributed by atoms with E-state index < -0.39 is 14.8 Å². The molecule has 4 rings (SSSR count). The molecule has 0 bridgehead atoms. The van der Waals surface area contributed by atoms with Gasteiger partial charge in [0.25, 0.3) is 0 Å². The van der Waals surface area contributed by atoms with Crippen molar-refractivity contribution in [1.82, 2.24) is 0 Å². The number of sulfonamides is 1. The first-order chi connectivity index (χ1) is 12.0. The highest BCUT2D eigenvalue weighted by Gasteiger charge is 2.46. The lowest BCUT2D eigenvalue weighted by Gasteiger charge is -2.37. The first kappa shape index (κ1) is 16.1. The molecule has 2 aliphatic carbocycles. The molecule has 2 unspecified atom stereocenters. The normalized spacial score (nSPS) is 27.5. The van der Waals surface area contributed by atoms with Crippen molar-refractivity contribution in [2.75, 3.05) is 0 Å². The van der Waals surface area contributed by atoms with Crippen LogP contribution in [-0.2, 0) is 10.0 Å². The zero-order valence-corrected chi connectivity index (χ0v) is 14.3. The minimum Gasteiger partial charge on any atom is -0.455 e. The molecule has 0 amide bonds. The molecule has 1 aromatic rings. The molecular weight excluding hydrogens is 336 g/mol. The number of primary sulfonamides is 1. The summed E-state index contributed by atoms with van der Waals surface area (Å²) in [6.07, 6.45) is 13.5. The molecule has 0 saturated carbocycles. The predicted octanol–water partition coefficient (Wildman–Crippen LogP) is 3.15. The lowest BCUT2D eigenvalue weighted by atomic mass is 9.79. The van der Waals surface area contributed by atoms with Crippen LogP contribution in [0, 0.1) is 5.92 Å². The Hall–Kier alpha value is -2.44. The van der Waals surface area contributed by atoms with Crippen molar-refractivity contribution < 1.29 is 13.2 Å². The quantitative estimate of drug-likeness (QED) is 0.886. The predicted molar refractivity (Wildman–Crippen MR) is 98.2 cm³/mol. The summed E-state index contributed by atoms with van der Waals surface area (Å²) in [6, 6.07) is 7.54. The largest absolute Gasteiger partial charge is 0.455 e. The van der Waals surface area contributed by atoms with E-state index in [1.807, 2.05) is 48.6 Å². The molecule has 0 aromatic heterocycles. The second-order valence-corrected chi connectivity index (χ2v) is 8.23. The van der Waals surface area contributed by atoms with Gasteiger partial charge in [0.1, 0.15) is 16.2 Å². The van der Waals surface area contributed by atoms with Crippen molar-refractivity contribution in [3.63, 3.8) is 0 Å². The van der Waals surface area contributed by atoms with E-state index in [-0.39, 0.29) is 5.92 Å². The van der Waals surface area contributed by atoms with Gasteiger partial charge >= 0.3 is 0 Å². The zero-order valence-electron chi connectivity index (χ0n) is 13.5. The minimum atomic E-state index is -3.78. The number of hydrogen-bond donors (Lipinski definition) is 1. The Balaban J connectivity index is 1.70. The van der Waals surface area contributed by atoms with Gasteiger partial charge in [0.2, 0.25) is 10.0 Å². The molecule has 1 heterocycles. The Morgan fingerprint density at radius 2 is 2.08 bits per heavy atom. The van der Waals surface area contributed by atoms with E-state index in [1.54, 1.807) is 18.4 Å². The summed E-state index contributed by atoms with van der Waals surface area (Å²) in [7, 11) is -3.78. The van der Waals surface area contributed by atoms with Gasteiger partial charge in [0, 0.05) is 17.7 Å². The Kier molecular flexibility index (Phi) is 3.74. The molecule has 0 radical (unpaired) electrons. The molecule has 1 aromatic carbocycles. The average molecular weight is 354 g/mol. The number of aliphatic imine (C=N–C) groups is 1. The first-order valence-corrected chi connectivity index (χ1v) is 9.63. The van der Waals surface area contributed by atoms with Crippen LogP contribution in [-0.4, -0.2) is 19.4 Å². The molecule has 2 atom stereocenters. The van der Waals surface area contributed by atoms with Crippen LogP contribution in [0.25, 0.3) is 0 Å². The minimum absolute atomic E-state index is 0.279. The summed E-state index contributed by atoms with van der Waals surface area (Å²) in [6.45, 7) is 0. The molecule has 128 valence electrons. The number of hydrogen-bond acceptors (Lipinski definition) is 4. The fraction of sp³-hybridized carbons (Fsp3) is 0.211. The Bertz CT molecular complexity index is 970. The highest BCUT2D eigenvalue weighted by molar-refractivity contribution is 7.90. The second-order valence-electron chi connectivity index (χ2n) is 6.38. The Morgan fingerprint density at radius 3 is 2.84 bits per heavy atom. The fourth-order valence-electron chi connectivity index (χ4n) is 3.50. The molecule has 25 heavy (non-hydrogen) atoms.